The van der Waals surface area contributed by atoms with E-state index >= 15 is 0 Å². The molecule has 2 heterocycles. The third-order valence-electron chi connectivity index (χ3n) is 3.71. The van der Waals surface area contributed by atoms with Gasteiger partial charge in [0.05, 0.1) is 22.3 Å². The Bertz CT molecular complexity index is 621. The lowest BCUT2D eigenvalue weighted by molar-refractivity contribution is 0.229. The van der Waals surface area contributed by atoms with E-state index in [9.17, 15) is 0 Å². The molecule has 0 aliphatic carbocycles. The molecule has 1 aliphatic heterocycles. The minimum atomic E-state index is 0.366. The van der Waals surface area contributed by atoms with Crippen LogP contribution in [0.25, 0.3) is 10.2 Å². The standard InChI is InChI=1S/C14H19N5S/c1-10(19-6-5-16-14(8-19)18-15-2)11-3-4-13-12(7-11)17-9-20-13/h3-4,7,9-10,15H,5-6,8H2,1-2H3,(H,16,18). The van der Waals surface area contributed by atoms with E-state index in [1.807, 2.05) is 12.6 Å². The number of piperazine rings is 1. The van der Waals surface area contributed by atoms with Gasteiger partial charge in [-0.15, -0.1) is 11.3 Å². The highest BCUT2D eigenvalue weighted by atomic mass is 32.1. The van der Waals surface area contributed by atoms with Crippen molar-refractivity contribution in [2.75, 3.05) is 26.7 Å². The zero-order valence-electron chi connectivity index (χ0n) is 11.8. The van der Waals surface area contributed by atoms with Gasteiger partial charge in [0.1, 0.15) is 5.84 Å². The summed E-state index contributed by atoms with van der Waals surface area (Å²) in [5, 5.41) is 7.57. The lowest BCUT2D eigenvalue weighted by Crippen LogP contribution is -2.49. The van der Waals surface area contributed by atoms with Gasteiger partial charge in [-0.1, -0.05) is 6.07 Å². The number of hydrogen-bond acceptors (Lipinski definition) is 5. The van der Waals surface area contributed by atoms with Crippen molar-refractivity contribution in [2.45, 2.75) is 13.0 Å². The van der Waals surface area contributed by atoms with E-state index in [1.165, 1.54) is 10.3 Å². The number of hydrogen-bond donors (Lipinski definition) is 2. The van der Waals surface area contributed by atoms with Crippen molar-refractivity contribution in [1.29, 1.82) is 0 Å². The van der Waals surface area contributed by atoms with Gasteiger partial charge in [-0.05, 0) is 24.6 Å². The van der Waals surface area contributed by atoms with Crippen molar-refractivity contribution in [3.63, 3.8) is 0 Å². The van der Waals surface area contributed by atoms with Crippen LogP contribution < -0.4 is 10.7 Å². The smallest absolute Gasteiger partial charge is 0.136 e. The minimum Gasteiger partial charge on any atom is -0.370 e. The van der Waals surface area contributed by atoms with Gasteiger partial charge < -0.3 is 10.7 Å². The van der Waals surface area contributed by atoms with Gasteiger partial charge in [0.2, 0.25) is 0 Å². The van der Waals surface area contributed by atoms with Crippen molar-refractivity contribution in [3.8, 4) is 0 Å². The van der Waals surface area contributed by atoms with E-state index in [1.54, 1.807) is 11.3 Å². The number of rotatable bonds is 3. The molecule has 6 heteroatoms. The van der Waals surface area contributed by atoms with Crippen LogP contribution in [-0.4, -0.2) is 42.4 Å². The molecule has 3 rings (SSSR count). The highest BCUT2D eigenvalue weighted by molar-refractivity contribution is 7.16. The molecule has 0 amide bonds. The van der Waals surface area contributed by atoms with Crippen molar-refractivity contribution < 1.29 is 0 Å². The Morgan fingerprint density at radius 1 is 1.50 bits per heavy atom. The highest BCUT2D eigenvalue weighted by Gasteiger charge is 2.21. The summed E-state index contributed by atoms with van der Waals surface area (Å²) in [4.78, 5) is 6.84. The van der Waals surface area contributed by atoms with Crippen LogP contribution in [0, 0.1) is 0 Å². The van der Waals surface area contributed by atoms with Gasteiger partial charge in [0, 0.05) is 26.2 Å². The Kier molecular flexibility index (Phi) is 3.84. The predicted molar refractivity (Wildman–Crippen MR) is 84.1 cm³/mol. The molecule has 0 radical (unpaired) electrons. The van der Waals surface area contributed by atoms with E-state index in [2.05, 4.69) is 50.9 Å². The van der Waals surface area contributed by atoms with Crippen LogP contribution in [0.4, 0.5) is 0 Å². The molecule has 0 spiro atoms. The molecule has 5 nitrogen and oxygen atoms in total. The number of amidine groups is 1. The maximum absolute atomic E-state index is 4.41. The SMILES string of the molecule is CN/N=C1/CN(C(C)c2ccc3scnc3c2)CCN1. The molecule has 20 heavy (non-hydrogen) atoms. The van der Waals surface area contributed by atoms with Crippen LogP contribution in [0.2, 0.25) is 0 Å². The normalized spacial score (nSPS) is 20.0. The third-order valence-corrected chi connectivity index (χ3v) is 4.52. The lowest BCUT2D eigenvalue weighted by atomic mass is 10.1. The van der Waals surface area contributed by atoms with Crippen molar-refractivity contribution in [1.82, 2.24) is 20.6 Å². The fourth-order valence-electron chi connectivity index (χ4n) is 2.56. The summed E-state index contributed by atoms with van der Waals surface area (Å²) >= 11 is 1.69. The van der Waals surface area contributed by atoms with Crippen LogP contribution in [-0.2, 0) is 0 Å². The van der Waals surface area contributed by atoms with Gasteiger partial charge >= 0.3 is 0 Å². The van der Waals surface area contributed by atoms with Crippen LogP contribution >= 0.6 is 11.3 Å². The third kappa shape index (κ3) is 2.62. The minimum absolute atomic E-state index is 0.366. The monoisotopic (exact) mass is 289 g/mol. The fraction of sp³-hybridized carbons (Fsp3) is 0.429. The first kappa shape index (κ1) is 13.3. The zero-order valence-corrected chi connectivity index (χ0v) is 12.6. The number of aromatic nitrogens is 1. The molecule has 1 atom stereocenters. The molecule has 1 saturated heterocycles. The molecule has 0 saturated carbocycles. The van der Waals surface area contributed by atoms with Gasteiger partial charge in [0.25, 0.3) is 0 Å². The summed E-state index contributed by atoms with van der Waals surface area (Å²) in [6.07, 6.45) is 0. The van der Waals surface area contributed by atoms with Gasteiger partial charge in [-0.3, -0.25) is 4.90 Å². The first-order valence-electron chi connectivity index (χ1n) is 6.82. The number of benzene rings is 1. The van der Waals surface area contributed by atoms with Crippen molar-refractivity contribution >= 4 is 27.4 Å². The second kappa shape index (κ2) is 5.76. The number of nitrogens with one attached hydrogen (secondary N) is 2. The van der Waals surface area contributed by atoms with E-state index in [0.717, 1.165) is 31.0 Å². The number of hydrazone groups is 1. The Labute approximate surface area is 122 Å². The largest absolute Gasteiger partial charge is 0.370 e. The molecule has 0 bridgehead atoms. The molecule has 2 N–H and O–H groups in total. The van der Waals surface area contributed by atoms with Crippen LogP contribution in [0.1, 0.15) is 18.5 Å². The van der Waals surface area contributed by atoms with Crippen molar-refractivity contribution in [2.24, 2.45) is 5.10 Å². The average Bonchev–Trinajstić information content (AvgIpc) is 2.94. The highest BCUT2D eigenvalue weighted by Crippen LogP contribution is 2.25. The quantitative estimate of drug-likeness (QED) is 0.846. The van der Waals surface area contributed by atoms with Gasteiger partial charge in [-0.2, -0.15) is 5.10 Å². The van der Waals surface area contributed by atoms with E-state index in [0.29, 0.717) is 6.04 Å². The van der Waals surface area contributed by atoms with Crippen LogP contribution in [0.3, 0.4) is 0 Å². The Morgan fingerprint density at radius 3 is 3.25 bits per heavy atom. The average molecular weight is 289 g/mol. The van der Waals surface area contributed by atoms with E-state index in [4.69, 9.17) is 0 Å². The molecule has 1 aromatic carbocycles. The Balaban J connectivity index is 1.80. The summed E-state index contributed by atoms with van der Waals surface area (Å²) in [5.74, 6) is 1.00. The van der Waals surface area contributed by atoms with Crippen LogP contribution in [0.5, 0.6) is 0 Å². The second-order valence-corrected chi connectivity index (χ2v) is 5.82. The zero-order chi connectivity index (χ0) is 13.9. The molecule has 1 fully saturated rings. The lowest BCUT2D eigenvalue weighted by Gasteiger charge is -2.33. The number of fused-ring (bicyclic) bond motifs is 1. The topological polar surface area (TPSA) is 52.6 Å². The van der Waals surface area contributed by atoms with E-state index in [-0.39, 0.29) is 0 Å². The molecule has 106 valence electrons. The van der Waals surface area contributed by atoms with Crippen molar-refractivity contribution in [3.05, 3.63) is 29.3 Å². The fourth-order valence-corrected chi connectivity index (χ4v) is 3.22. The number of nitrogens with zero attached hydrogens (tertiary/aromatic N) is 3. The summed E-state index contributed by atoms with van der Waals surface area (Å²) < 4.78 is 1.25. The maximum atomic E-state index is 4.41. The maximum Gasteiger partial charge on any atom is 0.136 e. The first-order valence-corrected chi connectivity index (χ1v) is 7.70. The summed E-state index contributed by atoms with van der Waals surface area (Å²) in [6, 6.07) is 6.95. The Morgan fingerprint density at radius 2 is 2.40 bits per heavy atom. The molecule has 1 aliphatic rings. The molecule has 1 unspecified atom stereocenters. The Hall–Kier alpha value is -1.66. The summed E-state index contributed by atoms with van der Waals surface area (Å²) in [7, 11) is 1.83. The van der Waals surface area contributed by atoms with Gasteiger partial charge in [-0.25, -0.2) is 4.98 Å². The second-order valence-electron chi connectivity index (χ2n) is 4.93. The molecule has 1 aromatic heterocycles. The predicted octanol–water partition coefficient (Wildman–Crippen LogP) is 1.80. The summed E-state index contributed by atoms with van der Waals surface area (Å²) in [5.41, 5.74) is 7.16. The number of thiazole rings is 1. The first-order chi connectivity index (χ1) is 9.78. The molecule has 2 aromatic rings. The molecular weight excluding hydrogens is 270 g/mol. The van der Waals surface area contributed by atoms with Gasteiger partial charge in [0.15, 0.2) is 0 Å². The van der Waals surface area contributed by atoms with Crippen LogP contribution in [0.15, 0.2) is 28.8 Å². The van der Waals surface area contributed by atoms with E-state index < -0.39 is 0 Å². The summed E-state index contributed by atoms with van der Waals surface area (Å²) in [6.45, 7) is 5.05. The molecular formula is C14H19N5S.